The lowest BCUT2D eigenvalue weighted by Gasteiger charge is -2.17. The summed E-state index contributed by atoms with van der Waals surface area (Å²) in [5.41, 5.74) is 1.70. The molecule has 8 heteroatoms. The number of oxazole rings is 1. The predicted molar refractivity (Wildman–Crippen MR) is 81.4 cm³/mol. The predicted octanol–water partition coefficient (Wildman–Crippen LogP) is 2.00. The maximum absolute atomic E-state index is 12.7. The molecule has 0 saturated heterocycles. The highest BCUT2D eigenvalue weighted by Gasteiger charge is 2.26. The van der Waals surface area contributed by atoms with E-state index in [1.807, 2.05) is 0 Å². The van der Waals surface area contributed by atoms with E-state index in [2.05, 4.69) is 4.98 Å². The minimum atomic E-state index is -3.96. The Kier molecular flexibility index (Phi) is 4.80. The van der Waals surface area contributed by atoms with Crippen molar-refractivity contribution in [2.24, 2.45) is 0 Å². The van der Waals surface area contributed by atoms with Crippen LogP contribution < -0.4 is 0 Å². The van der Waals surface area contributed by atoms with E-state index in [0.717, 1.165) is 4.31 Å². The molecule has 118 valence electrons. The number of aryl methyl sites for hydroxylation is 2. The zero-order valence-corrected chi connectivity index (χ0v) is 13.5. The van der Waals surface area contributed by atoms with Crippen LogP contribution >= 0.6 is 0 Å². The molecule has 2 aromatic rings. The van der Waals surface area contributed by atoms with Gasteiger partial charge in [0.25, 0.3) is 0 Å². The summed E-state index contributed by atoms with van der Waals surface area (Å²) in [6.07, 6.45) is 1.47. The molecule has 1 aromatic heterocycles. The monoisotopic (exact) mass is 330 g/mol. The van der Waals surface area contributed by atoms with Crippen molar-refractivity contribution in [2.45, 2.75) is 18.7 Å². The van der Waals surface area contributed by atoms with Gasteiger partial charge < -0.3 is 4.42 Å². The SMILES string of the molecule is Cc1coc(-c2ccc(C)c(S(=O)(=O)N(CC#N)CC#N)c2)n1. The van der Waals surface area contributed by atoms with E-state index in [4.69, 9.17) is 14.9 Å². The fourth-order valence-electron chi connectivity index (χ4n) is 2.02. The number of sulfonamides is 1. The van der Waals surface area contributed by atoms with Gasteiger partial charge in [-0.1, -0.05) is 6.07 Å². The Bertz CT molecular complexity index is 888. The average molecular weight is 330 g/mol. The molecule has 0 unspecified atom stereocenters. The second kappa shape index (κ2) is 6.61. The van der Waals surface area contributed by atoms with E-state index in [0.29, 0.717) is 22.7 Å². The van der Waals surface area contributed by atoms with Crippen LogP contribution in [0.1, 0.15) is 11.3 Å². The second-order valence-electron chi connectivity index (χ2n) is 4.86. The smallest absolute Gasteiger partial charge is 0.245 e. The molecule has 0 aliphatic heterocycles. The Balaban J connectivity index is 2.54. The van der Waals surface area contributed by atoms with Gasteiger partial charge in [0.1, 0.15) is 19.4 Å². The summed E-state index contributed by atoms with van der Waals surface area (Å²) in [6, 6.07) is 8.31. The van der Waals surface area contributed by atoms with Crippen LogP contribution in [-0.4, -0.2) is 30.8 Å². The highest BCUT2D eigenvalue weighted by Crippen LogP contribution is 2.26. The Hall–Kier alpha value is -2.68. The molecule has 0 radical (unpaired) electrons. The van der Waals surface area contributed by atoms with Crippen molar-refractivity contribution >= 4 is 10.0 Å². The summed E-state index contributed by atoms with van der Waals surface area (Å²) in [4.78, 5) is 4.20. The van der Waals surface area contributed by atoms with E-state index in [1.165, 1.54) is 12.3 Å². The minimum absolute atomic E-state index is 0.0244. The molecule has 0 atom stereocenters. The number of nitrogens with zero attached hydrogens (tertiary/aromatic N) is 4. The Morgan fingerprint density at radius 3 is 2.39 bits per heavy atom. The molecule has 0 aliphatic carbocycles. The van der Waals surface area contributed by atoms with Crippen LogP contribution in [0.25, 0.3) is 11.5 Å². The van der Waals surface area contributed by atoms with Crippen LogP contribution in [0, 0.1) is 36.5 Å². The summed E-state index contributed by atoms with van der Waals surface area (Å²) in [5.74, 6) is 0.311. The molecule has 0 fully saturated rings. The van der Waals surface area contributed by atoms with Gasteiger partial charge in [-0.05, 0) is 31.5 Å². The maximum atomic E-state index is 12.7. The van der Waals surface area contributed by atoms with Gasteiger partial charge in [0.2, 0.25) is 15.9 Å². The van der Waals surface area contributed by atoms with Crippen molar-refractivity contribution in [2.75, 3.05) is 13.1 Å². The van der Waals surface area contributed by atoms with E-state index in [1.54, 1.807) is 38.1 Å². The van der Waals surface area contributed by atoms with Crippen molar-refractivity contribution < 1.29 is 12.8 Å². The fraction of sp³-hybridized carbons (Fsp3) is 0.267. The van der Waals surface area contributed by atoms with E-state index in [9.17, 15) is 8.42 Å². The van der Waals surface area contributed by atoms with Crippen molar-refractivity contribution in [3.63, 3.8) is 0 Å². The van der Waals surface area contributed by atoms with E-state index in [-0.39, 0.29) is 4.90 Å². The number of benzene rings is 1. The lowest BCUT2D eigenvalue weighted by molar-refractivity contribution is 0.479. The number of hydrogen-bond acceptors (Lipinski definition) is 6. The summed E-state index contributed by atoms with van der Waals surface area (Å²) < 4.78 is 31.5. The molecular weight excluding hydrogens is 316 g/mol. The maximum Gasteiger partial charge on any atom is 0.245 e. The summed E-state index contributed by atoms with van der Waals surface area (Å²) in [7, 11) is -3.96. The Morgan fingerprint density at radius 1 is 1.22 bits per heavy atom. The first-order valence-electron chi connectivity index (χ1n) is 6.67. The van der Waals surface area contributed by atoms with Gasteiger partial charge in [0, 0.05) is 5.56 Å². The molecule has 7 nitrogen and oxygen atoms in total. The van der Waals surface area contributed by atoms with Gasteiger partial charge in [-0.2, -0.15) is 14.8 Å². The zero-order chi connectivity index (χ0) is 17.0. The standard InChI is InChI=1S/C15H14N4O3S/c1-11-3-4-13(15-18-12(2)10-22-15)9-14(11)23(20,21)19(7-5-16)8-6-17/h3-4,9-10H,7-8H2,1-2H3. The summed E-state index contributed by atoms with van der Waals surface area (Å²) >= 11 is 0. The van der Waals surface area contributed by atoms with Gasteiger partial charge in [-0.3, -0.25) is 0 Å². The summed E-state index contributed by atoms with van der Waals surface area (Å²) in [5, 5.41) is 17.6. The van der Waals surface area contributed by atoms with Crippen molar-refractivity contribution in [1.82, 2.24) is 9.29 Å². The number of rotatable bonds is 5. The van der Waals surface area contributed by atoms with E-state index < -0.39 is 23.1 Å². The van der Waals surface area contributed by atoms with Crippen LogP contribution in [0.5, 0.6) is 0 Å². The number of hydrogen-bond donors (Lipinski definition) is 0. The highest BCUT2D eigenvalue weighted by atomic mass is 32.2. The topological polar surface area (TPSA) is 111 Å². The molecule has 23 heavy (non-hydrogen) atoms. The first-order chi connectivity index (χ1) is 10.9. The van der Waals surface area contributed by atoms with Gasteiger partial charge in [-0.15, -0.1) is 0 Å². The van der Waals surface area contributed by atoms with Crippen LogP contribution in [0.4, 0.5) is 0 Å². The first kappa shape index (κ1) is 16.7. The second-order valence-corrected chi connectivity index (χ2v) is 6.77. The van der Waals surface area contributed by atoms with Gasteiger partial charge in [0.15, 0.2) is 0 Å². The Morgan fingerprint density at radius 2 is 1.87 bits per heavy atom. The molecule has 0 N–H and O–H groups in total. The fourth-order valence-corrected chi connectivity index (χ4v) is 3.50. The molecule has 0 aliphatic rings. The molecule has 1 heterocycles. The van der Waals surface area contributed by atoms with Crippen molar-refractivity contribution in [1.29, 1.82) is 10.5 Å². The van der Waals surface area contributed by atoms with Gasteiger partial charge in [-0.25, -0.2) is 13.4 Å². The van der Waals surface area contributed by atoms with Crippen LogP contribution in [0.15, 0.2) is 33.8 Å². The zero-order valence-electron chi connectivity index (χ0n) is 12.6. The molecular formula is C15H14N4O3S. The van der Waals surface area contributed by atoms with Crippen molar-refractivity contribution in [3.8, 4) is 23.6 Å². The number of aromatic nitrogens is 1. The lowest BCUT2D eigenvalue weighted by Crippen LogP contribution is -2.32. The summed E-state index contributed by atoms with van der Waals surface area (Å²) in [6.45, 7) is 2.63. The molecule has 2 rings (SSSR count). The van der Waals surface area contributed by atoms with Gasteiger partial charge in [0.05, 0.1) is 22.7 Å². The average Bonchev–Trinajstić information content (AvgIpc) is 2.94. The Labute approximate surface area is 134 Å². The van der Waals surface area contributed by atoms with Crippen LogP contribution in [-0.2, 0) is 10.0 Å². The van der Waals surface area contributed by atoms with Crippen LogP contribution in [0.3, 0.4) is 0 Å². The molecule has 0 amide bonds. The number of nitriles is 2. The van der Waals surface area contributed by atoms with Gasteiger partial charge >= 0.3 is 0 Å². The third kappa shape index (κ3) is 3.39. The normalized spacial score (nSPS) is 11.2. The molecule has 0 spiro atoms. The quantitative estimate of drug-likeness (QED) is 0.775. The van der Waals surface area contributed by atoms with Crippen LogP contribution in [0.2, 0.25) is 0 Å². The third-order valence-electron chi connectivity index (χ3n) is 3.17. The minimum Gasteiger partial charge on any atom is -0.444 e. The first-order valence-corrected chi connectivity index (χ1v) is 8.11. The molecule has 0 bridgehead atoms. The largest absolute Gasteiger partial charge is 0.444 e. The highest BCUT2D eigenvalue weighted by molar-refractivity contribution is 7.89. The van der Waals surface area contributed by atoms with Crippen molar-refractivity contribution in [3.05, 3.63) is 35.7 Å². The lowest BCUT2D eigenvalue weighted by atomic mass is 10.1. The van der Waals surface area contributed by atoms with E-state index >= 15 is 0 Å². The molecule has 0 saturated carbocycles. The molecule has 1 aromatic carbocycles. The third-order valence-corrected chi connectivity index (χ3v) is 5.10.